The summed E-state index contributed by atoms with van der Waals surface area (Å²) >= 11 is 7.61. The number of rotatable bonds is 4. The van der Waals surface area contributed by atoms with Crippen LogP contribution in [-0.4, -0.2) is 23.4 Å². The lowest BCUT2D eigenvalue weighted by Gasteiger charge is -2.21. The highest BCUT2D eigenvalue weighted by Crippen LogP contribution is 2.39. The molecule has 1 aromatic carbocycles. The fourth-order valence-electron chi connectivity index (χ4n) is 2.30. The molecule has 3 nitrogen and oxygen atoms in total. The van der Waals surface area contributed by atoms with Gasteiger partial charge in [0.1, 0.15) is 5.54 Å². The highest BCUT2D eigenvalue weighted by Gasteiger charge is 2.43. The first-order chi connectivity index (χ1) is 9.03. The molecule has 1 aliphatic carbocycles. The van der Waals surface area contributed by atoms with E-state index in [1.165, 1.54) is 0 Å². The Kier molecular flexibility index (Phi) is 4.76. The summed E-state index contributed by atoms with van der Waals surface area (Å²) in [5.41, 5.74) is 5.34. The van der Waals surface area contributed by atoms with Crippen LogP contribution in [-0.2, 0) is 9.53 Å². The summed E-state index contributed by atoms with van der Waals surface area (Å²) in [6.07, 6.45) is 2.29. The van der Waals surface area contributed by atoms with E-state index in [2.05, 4.69) is 0 Å². The maximum Gasteiger partial charge on any atom is 0.326 e. The number of esters is 1. The maximum atomic E-state index is 11.8. The van der Waals surface area contributed by atoms with E-state index in [-0.39, 0.29) is 5.97 Å². The molecular weight excluding hydrogens is 282 g/mol. The normalized spacial score (nSPS) is 26.4. The predicted octanol–water partition coefficient (Wildman–Crippen LogP) is 3.25. The van der Waals surface area contributed by atoms with Crippen LogP contribution in [0.1, 0.15) is 26.2 Å². The van der Waals surface area contributed by atoms with Crippen LogP contribution in [0, 0.1) is 0 Å². The van der Waals surface area contributed by atoms with Gasteiger partial charge in [-0.05, 0) is 50.5 Å². The first-order valence-corrected chi connectivity index (χ1v) is 7.67. The van der Waals surface area contributed by atoms with Crippen molar-refractivity contribution in [2.75, 3.05) is 6.61 Å². The number of thioether (sulfide) groups is 1. The molecule has 1 aliphatic rings. The Balaban J connectivity index is 1.94. The van der Waals surface area contributed by atoms with Crippen LogP contribution in [0.15, 0.2) is 29.2 Å². The molecule has 0 aromatic heterocycles. The minimum Gasteiger partial charge on any atom is -0.465 e. The van der Waals surface area contributed by atoms with E-state index >= 15 is 0 Å². The molecule has 0 saturated heterocycles. The molecular formula is C14H18ClNO2S. The van der Waals surface area contributed by atoms with E-state index in [1.54, 1.807) is 18.7 Å². The molecule has 2 unspecified atom stereocenters. The quantitative estimate of drug-likeness (QED) is 0.867. The highest BCUT2D eigenvalue weighted by atomic mass is 35.5. The largest absolute Gasteiger partial charge is 0.465 e. The third kappa shape index (κ3) is 3.65. The van der Waals surface area contributed by atoms with Crippen molar-refractivity contribution in [3.05, 3.63) is 29.3 Å². The fraction of sp³-hybridized carbons (Fsp3) is 0.500. The average Bonchev–Trinajstić information content (AvgIpc) is 2.76. The van der Waals surface area contributed by atoms with Crippen molar-refractivity contribution in [3.63, 3.8) is 0 Å². The Bertz CT molecular complexity index is 451. The Labute approximate surface area is 122 Å². The number of nitrogens with two attached hydrogens (primary N) is 1. The summed E-state index contributed by atoms with van der Waals surface area (Å²) in [5, 5.41) is 1.09. The standard InChI is InChI=1S/C14H18ClNO2S/c1-2-18-13(17)14(16)8-7-12(9-14)19-11-5-3-10(15)4-6-11/h3-6,12H,2,7-9,16H2,1H3. The van der Waals surface area contributed by atoms with E-state index in [0.29, 0.717) is 24.7 Å². The van der Waals surface area contributed by atoms with E-state index in [0.717, 1.165) is 16.3 Å². The van der Waals surface area contributed by atoms with E-state index in [9.17, 15) is 4.79 Å². The predicted molar refractivity (Wildman–Crippen MR) is 78.5 cm³/mol. The Morgan fingerprint density at radius 1 is 1.53 bits per heavy atom. The lowest BCUT2D eigenvalue weighted by Crippen LogP contribution is -2.47. The van der Waals surface area contributed by atoms with Crippen molar-refractivity contribution in [1.29, 1.82) is 0 Å². The van der Waals surface area contributed by atoms with Gasteiger partial charge in [-0.15, -0.1) is 11.8 Å². The molecule has 2 rings (SSSR count). The van der Waals surface area contributed by atoms with E-state index in [4.69, 9.17) is 22.1 Å². The molecule has 1 saturated carbocycles. The van der Waals surface area contributed by atoms with Crippen molar-refractivity contribution in [2.45, 2.75) is 41.9 Å². The van der Waals surface area contributed by atoms with Crippen LogP contribution in [0.5, 0.6) is 0 Å². The average molecular weight is 300 g/mol. The van der Waals surface area contributed by atoms with Crippen molar-refractivity contribution >= 4 is 29.3 Å². The number of carbonyl (C=O) groups is 1. The van der Waals surface area contributed by atoms with Crippen molar-refractivity contribution in [1.82, 2.24) is 0 Å². The number of hydrogen-bond acceptors (Lipinski definition) is 4. The molecule has 0 bridgehead atoms. The molecule has 2 atom stereocenters. The van der Waals surface area contributed by atoms with Crippen LogP contribution < -0.4 is 5.73 Å². The highest BCUT2D eigenvalue weighted by molar-refractivity contribution is 8.00. The first-order valence-electron chi connectivity index (χ1n) is 6.42. The minimum absolute atomic E-state index is 0.269. The molecule has 0 aliphatic heterocycles. The van der Waals surface area contributed by atoms with Crippen LogP contribution in [0.2, 0.25) is 5.02 Å². The van der Waals surface area contributed by atoms with Gasteiger partial charge in [-0.25, -0.2) is 0 Å². The summed E-state index contributed by atoms with van der Waals surface area (Å²) in [4.78, 5) is 13.0. The van der Waals surface area contributed by atoms with Gasteiger partial charge in [0.05, 0.1) is 6.61 Å². The summed E-state index contributed by atoms with van der Waals surface area (Å²) in [7, 11) is 0. The molecule has 1 fully saturated rings. The van der Waals surface area contributed by atoms with Crippen molar-refractivity contribution < 1.29 is 9.53 Å². The lowest BCUT2D eigenvalue weighted by atomic mass is 10.00. The SMILES string of the molecule is CCOC(=O)C1(N)CCC(Sc2ccc(Cl)cc2)C1. The van der Waals surface area contributed by atoms with Gasteiger partial charge in [0, 0.05) is 15.2 Å². The number of ether oxygens (including phenoxy) is 1. The van der Waals surface area contributed by atoms with Gasteiger partial charge < -0.3 is 10.5 Å². The molecule has 1 aromatic rings. The zero-order valence-electron chi connectivity index (χ0n) is 10.9. The Morgan fingerprint density at radius 2 is 2.21 bits per heavy atom. The summed E-state index contributed by atoms with van der Waals surface area (Å²) in [6, 6.07) is 7.74. The number of hydrogen-bond donors (Lipinski definition) is 1. The van der Waals surface area contributed by atoms with Gasteiger partial charge in [0.15, 0.2) is 0 Å². The number of halogens is 1. The van der Waals surface area contributed by atoms with E-state index < -0.39 is 5.54 Å². The molecule has 0 radical (unpaired) electrons. The first kappa shape index (κ1) is 14.7. The van der Waals surface area contributed by atoms with Crippen molar-refractivity contribution in [3.8, 4) is 0 Å². The summed E-state index contributed by atoms with van der Waals surface area (Å²) in [5.74, 6) is -0.269. The third-order valence-electron chi connectivity index (χ3n) is 3.30. The van der Waals surface area contributed by atoms with Gasteiger partial charge in [0.25, 0.3) is 0 Å². The zero-order valence-corrected chi connectivity index (χ0v) is 12.5. The molecule has 2 N–H and O–H groups in total. The minimum atomic E-state index is -0.805. The van der Waals surface area contributed by atoms with Crippen LogP contribution in [0.25, 0.3) is 0 Å². The topological polar surface area (TPSA) is 52.3 Å². The molecule has 0 heterocycles. The zero-order chi connectivity index (χ0) is 13.9. The van der Waals surface area contributed by atoms with E-state index in [1.807, 2.05) is 24.3 Å². The van der Waals surface area contributed by atoms with Crippen LogP contribution in [0.4, 0.5) is 0 Å². The Morgan fingerprint density at radius 3 is 2.84 bits per heavy atom. The van der Waals surface area contributed by atoms with Crippen LogP contribution in [0.3, 0.4) is 0 Å². The molecule has 104 valence electrons. The van der Waals surface area contributed by atoms with Gasteiger partial charge in [-0.3, -0.25) is 4.79 Å². The second kappa shape index (κ2) is 6.16. The molecule has 0 spiro atoms. The second-order valence-corrected chi connectivity index (χ2v) is 6.62. The van der Waals surface area contributed by atoms with Gasteiger partial charge in [-0.2, -0.15) is 0 Å². The van der Waals surface area contributed by atoms with Gasteiger partial charge >= 0.3 is 5.97 Å². The monoisotopic (exact) mass is 299 g/mol. The van der Waals surface area contributed by atoms with Gasteiger partial charge in [-0.1, -0.05) is 11.6 Å². The lowest BCUT2D eigenvalue weighted by molar-refractivity contribution is -0.149. The fourth-order valence-corrected chi connectivity index (χ4v) is 3.72. The number of carbonyl (C=O) groups excluding carboxylic acids is 1. The summed E-state index contributed by atoms with van der Waals surface area (Å²) in [6.45, 7) is 2.18. The molecule has 0 amide bonds. The number of benzene rings is 1. The van der Waals surface area contributed by atoms with Crippen LogP contribution >= 0.6 is 23.4 Å². The smallest absolute Gasteiger partial charge is 0.326 e. The molecule has 19 heavy (non-hydrogen) atoms. The summed E-state index contributed by atoms with van der Waals surface area (Å²) < 4.78 is 5.05. The van der Waals surface area contributed by atoms with Gasteiger partial charge in [0.2, 0.25) is 0 Å². The van der Waals surface area contributed by atoms with Crippen molar-refractivity contribution in [2.24, 2.45) is 5.73 Å². The molecule has 5 heteroatoms. The maximum absolute atomic E-state index is 11.8. The second-order valence-electron chi connectivity index (χ2n) is 4.81. The Hall–Kier alpha value is -0.710. The third-order valence-corrected chi connectivity index (χ3v) is 4.83.